The number of aliphatic hydroxyl groups excluding tert-OH is 1. The van der Waals surface area contributed by atoms with Crippen LogP contribution in [0, 0.1) is 17.8 Å². The van der Waals surface area contributed by atoms with Crippen LogP contribution < -0.4 is 0 Å². The molecule has 0 radical (unpaired) electrons. The summed E-state index contributed by atoms with van der Waals surface area (Å²) < 4.78 is -0.774. The second-order valence-electron chi connectivity index (χ2n) is 12.7. The molecule has 3 aliphatic rings. The molecule has 2 aromatic carbocycles. The fourth-order valence-electron chi connectivity index (χ4n) is 7.81. The summed E-state index contributed by atoms with van der Waals surface area (Å²) in [6.07, 6.45) is 4.61. The molecule has 3 fully saturated rings. The summed E-state index contributed by atoms with van der Waals surface area (Å²) in [6, 6.07) is 18.1. The number of hydrogen-bond donors (Lipinski definition) is 1. The first-order valence-electron chi connectivity index (χ1n) is 15.7. The third kappa shape index (κ3) is 5.51. The fraction of sp³-hybridized carbons (Fsp3) is 0.472. The number of carbonyl (C=O) groups is 3. The van der Waals surface area contributed by atoms with Crippen molar-refractivity contribution in [3.63, 3.8) is 0 Å². The molecule has 1 N–H and O–H groups in total. The molecule has 0 aliphatic carbocycles. The van der Waals surface area contributed by atoms with E-state index < -0.39 is 28.7 Å². The molecule has 44 heavy (non-hydrogen) atoms. The van der Waals surface area contributed by atoms with Crippen LogP contribution in [0.3, 0.4) is 0 Å². The number of aliphatic hydroxyl groups is 1. The highest BCUT2D eigenvalue weighted by Gasteiger charge is 2.77. The van der Waals surface area contributed by atoms with Gasteiger partial charge in [-0.2, -0.15) is 0 Å². The number of thioether (sulfide) groups is 1. The SMILES string of the molecule is C=CCN(Cc1ccccc1)C(=O)[C@@H]1[C@@H]2CC(C)C3(S2)C(C(=O)N(CC=C)C(C)C)N([C@@H](CO)Cc2ccccc2)C(=O)[C@H]13. The van der Waals surface area contributed by atoms with E-state index in [9.17, 15) is 19.5 Å². The smallest absolute Gasteiger partial charge is 0.247 e. The highest BCUT2D eigenvalue weighted by atomic mass is 32.2. The lowest BCUT2D eigenvalue weighted by molar-refractivity contribution is -0.147. The number of rotatable bonds is 13. The van der Waals surface area contributed by atoms with E-state index in [-0.39, 0.29) is 41.5 Å². The number of carbonyl (C=O) groups excluding carboxylic acids is 3. The van der Waals surface area contributed by atoms with E-state index in [1.807, 2.05) is 74.5 Å². The summed E-state index contributed by atoms with van der Waals surface area (Å²) in [4.78, 5) is 49.3. The standard InChI is InChI=1S/C36H45N3O4S/c1-6-18-37(22-27-16-12-9-13-17-27)33(41)30-29-20-25(5)36(44-29)31(30)34(42)39(28(23-40)21-26-14-10-8-11-15-26)32(36)35(43)38(19-7-2)24(3)4/h6-17,24-25,28-32,40H,1-2,18-23H2,3-5H3/t25?,28-,29+,30-,31+,32?,36?/m1/s1. The molecule has 8 heteroatoms. The topological polar surface area (TPSA) is 81.2 Å². The van der Waals surface area contributed by atoms with Gasteiger partial charge in [0.15, 0.2) is 0 Å². The van der Waals surface area contributed by atoms with Crippen LogP contribution in [-0.2, 0) is 27.3 Å². The van der Waals surface area contributed by atoms with E-state index in [2.05, 4.69) is 20.1 Å². The summed E-state index contributed by atoms with van der Waals surface area (Å²) >= 11 is 1.67. The van der Waals surface area contributed by atoms with Crippen LogP contribution >= 0.6 is 11.8 Å². The molecular formula is C36H45N3O4S. The predicted octanol–water partition coefficient (Wildman–Crippen LogP) is 4.57. The average molecular weight is 616 g/mol. The van der Waals surface area contributed by atoms with Crippen LogP contribution in [-0.4, -0.2) is 85.3 Å². The second-order valence-corrected chi connectivity index (χ2v) is 14.2. The van der Waals surface area contributed by atoms with E-state index in [1.165, 1.54) is 0 Å². The number of nitrogens with zero attached hydrogens (tertiary/aromatic N) is 3. The third-order valence-electron chi connectivity index (χ3n) is 9.73. The molecule has 3 heterocycles. The van der Waals surface area contributed by atoms with Gasteiger partial charge in [0.2, 0.25) is 17.7 Å². The maximum atomic E-state index is 14.8. The first-order valence-corrected chi connectivity index (χ1v) is 16.6. The Morgan fingerprint density at radius 2 is 1.64 bits per heavy atom. The zero-order valence-electron chi connectivity index (χ0n) is 26.0. The van der Waals surface area contributed by atoms with Gasteiger partial charge in [-0.15, -0.1) is 24.9 Å². The van der Waals surface area contributed by atoms with Crippen molar-refractivity contribution in [2.24, 2.45) is 17.8 Å². The summed E-state index contributed by atoms with van der Waals surface area (Å²) in [5, 5.41) is 10.7. The minimum absolute atomic E-state index is 0.0326. The van der Waals surface area contributed by atoms with E-state index in [0.717, 1.165) is 17.5 Å². The second kappa shape index (κ2) is 13.3. The Morgan fingerprint density at radius 1 is 1.02 bits per heavy atom. The van der Waals surface area contributed by atoms with Crippen LogP contribution in [0.25, 0.3) is 0 Å². The van der Waals surface area contributed by atoms with Gasteiger partial charge in [0, 0.05) is 30.9 Å². The van der Waals surface area contributed by atoms with Crippen molar-refractivity contribution in [3.8, 4) is 0 Å². The summed E-state index contributed by atoms with van der Waals surface area (Å²) in [5.41, 5.74) is 1.98. The van der Waals surface area contributed by atoms with Crippen LogP contribution in [0.1, 0.15) is 38.3 Å². The maximum absolute atomic E-state index is 14.8. The predicted molar refractivity (Wildman–Crippen MR) is 176 cm³/mol. The molecule has 3 amide bonds. The first kappa shape index (κ1) is 32.0. The molecule has 0 aromatic heterocycles. The third-order valence-corrected chi connectivity index (χ3v) is 11.8. The lowest BCUT2D eigenvalue weighted by atomic mass is 9.65. The molecule has 3 aliphatic heterocycles. The molecule has 234 valence electrons. The van der Waals surface area contributed by atoms with Crippen molar-refractivity contribution in [2.45, 2.75) is 68.3 Å². The molecule has 0 saturated carbocycles. The molecule has 7 nitrogen and oxygen atoms in total. The highest BCUT2D eigenvalue weighted by Crippen LogP contribution is 2.69. The van der Waals surface area contributed by atoms with Crippen molar-refractivity contribution in [3.05, 3.63) is 97.1 Å². The minimum atomic E-state index is -0.798. The lowest BCUT2D eigenvalue weighted by Gasteiger charge is -2.43. The summed E-state index contributed by atoms with van der Waals surface area (Å²) in [6.45, 7) is 14.7. The number of benzene rings is 2. The lowest BCUT2D eigenvalue weighted by Crippen LogP contribution is -2.60. The van der Waals surface area contributed by atoms with Crippen LogP contribution in [0.5, 0.6) is 0 Å². The normalized spacial score (nSPS) is 27.7. The largest absolute Gasteiger partial charge is 0.394 e. The minimum Gasteiger partial charge on any atom is -0.394 e. The zero-order valence-corrected chi connectivity index (χ0v) is 26.9. The molecule has 2 aromatic rings. The first-order chi connectivity index (χ1) is 21.2. The monoisotopic (exact) mass is 615 g/mol. The van der Waals surface area contributed by atoms with Crippen molar-refractivity contribution in [2.75, 3.05) is 19.7 Å². The molecule has 2 bridgehead atoms. The van der Waals surface area contributed by atoms with E-state index in [1.54, 1.807) is 38.6 Å². The van der Waals surface area contributed by atoms with Crippen molar-refractivity contribution < 1.29 is 19.5 Å². The fourth-order valence-corrected chi connectivity index (χ4v) is 10.2. The van der Waals surface area contributed by atoms with Gasteiger partial charge in [-0.05, 0) is 43.7 Å². The Balaban J connectivity index is 1.58. The van der Waals surface area contributed by atoms with Crippen LogP contribution in [0.4, 0.5) is 0 Å². The number of likely N-dealkylation sites (tertiary alicyclic amines) is 1. The quantitative estimate of drug-likeness (QED) is 0.334. The number of amides is 3. The molecule has 7 atom stereocenters. The Kier molecular flexibility index (Phi) is 9.71. The number of fused-ring (bicyclic) bond motifs is 1. The Hall–Kier alpha value is -3.36. The average Bonchev–Trinajstić information content (AvgIpc) is 3.62. The van der Waals surface area contributed by atoms with E-state index in [4.69, 9.17) is 0 Å². The van der Waals surface area contributed by atoms with Gasteiger partial charge < -0.3 is 19.8 Å². The Morgan fingerprint density at radius 3 is 2.20 bits per heavy atom. The molecular weight excluding hydrogens is 570 g/mol. The van der Waals surface area contributed by atoms with Crippen LogP contribution in [0.15, 0.2) is 86.0 Å². The maximum Gasteiger partial charge on any atom is 0.247 e. The van der Waals surface area contributed by atoms with Gasteiger partial charge >= 0.3 is 0 Å². The van der Waals surface area contributed by atoms with Crippen LogP contribution in [0.2, 0.25) is 0 Å². The van der Waals surface area contributed by atoms with Gasteiger partial charge in [0.25, 0.3) is 0 Å². The summed E-state index contributed by atoms with van der Waals surface area (Å²) in [5.74, 6) is -1.59. The van der Waals surface area contributed by atoms with E-state index >= 15 is 0 Å². The number of hydrogen-bond acceptors (Lipinski definition) is 5. The van der Waals surface area contributed by atoms with Gasteiger partial charge in [-0.25, -0.2) is 0 Å². The van der Waals surface area contributed by atoms with Gasteiger partial charge in [-0.3, -0.25) is 14.4 Å². The van der Waals surface area contributed by atoms with E-state index in [0.29, 0.717) is 26.1 Å². The van der Waals surface area contributed by atoms with Crippen molar-refractivity contribution in [1.29, 1.82) is 0 Å². The van der Waals surface area contributed by atoms with Gasteiger partial charge in [0.1, 0.15) is 6.04 Å². The Labute approximate surface area is 266 Å². The molecule has 5 rings (SSSR count). The Bertz CT molecular complexity index is 1370. The molecule has 3 unspecified atom stereocenters. The van der Waals surface area contributed by atoms with Gasteiger partial charge in [0.05, 0.1) is 29.2 Å². The van der Waals surface area contributed by atoms with Crippen molar-refractivity contribution in [1.82, 2.24) is 14.7 Å². The molecule has 1 spiro atoms. The van der Waals surface area contributed by atoms with Crippen molar-refractivity contribution >= 4 is 29.5 Å². The summed E-state index contributed by atoms with van der Waals surface area (Å²) in [7, 11) is 0. The molecule has 3 saturated heterocycles. The highest BCUT2D eigenvalue weighted by molar-refractivity contribution is 8.02. The van der Waals surface area contributed by atoms with Gasteiger partial charge in [-0.1, -0.05) is 79.7 Å². The zero-order chi connectivity index (χ0) is 31.6.